The van der Waals surface area contributed by atoms with Gasteiger partial charge in [-0.25, -0.2) is 0 Å². The third-order valence-corrected chi connectivity index (χ3v) is 41.4. The van der Waals surface area contributed by atoms with E-state index in [-0.39, 0.29) is 0 Å². The highest BCUT2D eigenvalue weighted by atomic mass is 29.6. The summed E-state index contributed by atoms with van der Waals surface area (Å²) in [5.41, 5.74) is 0. The van der Waals surface area contributed by atoms with Crippen LogP contribution in [0.1, 0.15) is 34.6 Å². The van der Waals surface area contributed by atoms with Gasteiger partial charge in [0.25, 0.3) is 0 Å². The highest BCUT2D eigenvalue weighted by Gasteiger charge is 2.44. The fourth-order valence-corrected chi connectivity index (χ4v) is 30.8. The van der Waals surface area contributed by atoms with Gasteiger partial charge in [0.05, 0.1) is 0 Å². The fraction of sp³-hybridized carbons (Fsp3) is 1.00. The molecule has 0 spiro atoms. The molecular formula is C10H28Si3. The van der Waals surface area contributed by atoms with E-state index in [1.165, 1.54) is 0 Å². The summed E-state index contributed by atoms with van der Waals surface area (Å²) in [6.45, 7) is 12.4. The zero-order valence-corrected chi connectivity index (χ0v) is 14.5. The van der Waals surface area contributed by atoms with E-state index >= 15 is 0 Å². The lowest BCUT2D eigenvalue weighted by molar-refractivity contribution is 1.18. The number of rotatable bonds is 6. The standard InChI is InChI=1S/C10H28Si3/c1-6-12(7-2,8-3)13(11,9-4)10-5/h6-10H2,1-5,11H3. The van der Waals surface area contributed by atoms with E-state index in [0.717, 1.165) is 0 Å². The smallest absolute Gasteiger partial charge is 0.0435 e. The van der Waals surface area contributed by atoms with Crippen LogP contribution in [0.5, 0.6) is 0 Å². The predicted octanol–water partition coefficient (Wildman–Crippen LogP) is 2.92. The molecule has 0 aromatic carbocycles. The van der Waals surface area contributed by atoms with Gasteiger partial charge >= 0.3 is 0 Å². The van der Waals surface area contributed by atoms with Gasteiger partial charge in [-0.1, -0.05) is 64.8 Å². The lowest BCUT2D eigenvalue weighted by Gasteiger charge is -2.44. The van der Waals surface area contributed by atoms with E-state index in [0.29, 0.717) is 0 Å². The van der Waals surface area contributed by atoms with Crippen molar-refractivity contribution in [3.8, 4) is 0 Å². The molecule has 0 nitrogen and oxygen atoms in total. The van der Waals surface area contributed by atoms with Gasteiger partial charge < -0.3 is 0 Å². The van der Waals surface area contributed by atoms with E-state index in [9.17, 15) is 0 Å². The molecule has 0 amide bonds. The Morgan fingerprint density at radius 2 is 1.00 bits per heavy atom. The van der Waals surface area contributed by atoms with E-state index in [2.05, 4.69) is 34.6 Å². The number of hydrogen-bond donors (Lipinski definition) is 0. The van der Waals surface area contributed by atoms with Crippen molar-refractivity contribution in [2.24, 2.45) is 0 Å². The van der Waals surface area contributed by atoms with Gasteiger partial charge in [-0.2, -0.15) is 0 Å². The molecule has 0 unspecified atom stereocenters. The van der Waals surface area contributed by atoms with E-state index < -0.39 is 14.7 Å². The molecule has 0 aromatic heterocycles. The average Bonchev–Trinajstić information content (AvgIpc) is 2.20. The van der Waals surface area contributed by atoms with Gasteiger partial charge in [-0.3, -0.25) is 0 Å². The zero-order valence-electron chi connectivity index (χ0n) is 10.5. The SMILES string of the molecule is CC[Si]([SiH3])(CC)[Si](CC)(CC)CC. The molecule has 0 aromatic rings. The predicted molar refractivity (Wildman–Crippen MR) is 73.9 cm³/mol. The van der Waals surface area contributed by atoms with Crippen LogP contribution in [-0.2, 0) is 0 Å². The molecule has 0 atom stereocenters. The second-order valence-electron chi connectivity index (χ2n) is 4.61. The quantitative estimate of drug-likeness (QED) is 0.618. The van der Waals surface area contributed by atoms with Gasteiger partial charge in [-0.05, 0) is 9.76 Å². The van der Waals surface area contributed by atoms with Crippen molar-refractivity contribution in [3.05, 3.63) is 0 Å². The van der Waals surface area contributed by atoms with Crippen LogP contribution in [0.25, 0.3) is 0 Å². The molecule has 0 saturated carbocycles. The van der Waals surface area contributed by atoms with Crippen molar-refractivity contribution < 1.29 is 0 Å². The van der Waals surface area contributed by atoms with E-state index in [4.69, 9.17) is 0 Å². The van der Waals surface area contributed by atoms with Gasteiger partial charge in [0.1, 0.15) is 0 Å². The maximum absolute atomic E-state index is 2.48. The van der Waals surface area contributed by atoms with Crippen LogP contribution in [0.4, 0.5) is 0 Å². The Morgan fingerprint density at radius 3 is 1.08 bits per heavy atom. The second kappa shape index (κ2) is 5.51. The average molecular weight is 233 g/mol. The van der Waals surface area contributed by atoms with E-state index in [1.54, 1.807) is 40.0 Å². The summed E-state index contributed by atoms with van der Waals surface area (Å²) in [5, 5.41) is 0. The lowest BCUT2D eigenvalue weighted by atomic mass is 10.9. The first kappa shape index (κ1) is 13.7. The van der Waals surface area contributed by atoms with Crippen molar-refractivity contribution >= 4 is 24.5 Å². The maximum atomic E-state index is 2.48. The molecule has 0 fully saturated rings. The van der Waals surface area contributed by atoms with Crippen molar-refractivity contribution in [2.75, 3.05) is 0 Å². The van der Waals surface area contributed by atoms with Gasteiger partial charge in [0, 0.05) is 14.7 Å². The molecule has 0 heterocycles. The minimum atomic E-state index is -0.770. The van der Waals surface area contributed by atoms with Crippen LogP contribution in [0.2, 0.25) is 30.2 Å². The zero-order chi connectivity index (χ0) is 10.5. The first-order chi connectivity index (χ1) is 6.05. The molecule has 0 saturated heterocycles. The number of hydrogen-bond acceptors (Lipinski definition) is 0. The van der Waals surface area contributed by atoms with Crippen LogP contribution < -0.4 is 0 Å². The van der Waals surface area contributed by atoms with Crippen molar-refractivity contribution in [3.63, 3.8) is 0 Å². The summed E-state index contributed by atoms with van der Waals surface area (Å²) in [7, 11) is 0.0867. The Balaban J connectivity index is 4.87. The molecule has 0 bridgehead atoms. The summed E-state index contributed by atoms with van der Waals surface area (Å²) in [6.07, 6.45) is 0. The van der Waals surface area contributed by atoms with Crippen molar-refractivity contribution in [1.82, 2.24) is 0 Å². The minimum absolute atomic E-state index is 0.699. The van der Waals surface area contributed by atoms with E-state index in [1.807, 2.05) is 0 Å². The minimum Gasteiger partial charge on any atom is -0.0682 e. The Morgan fingerprint density at radius 1 is 0.692 bits per heavy atom. The monoisotopic (exact) mass is 232 g/mol. The first-order valence-electron chi connectivity index (χ1n) is 6.05. The largest absolute Gasteiger partial charge is 0.0682 e. The third-order valence-electron chi connectivity index (χ3n) is 4.87. The first-order valence-corrected chi connectivity index (χ1v) is 15.6. The summed E-state index contributed by atoms with van der Waals surface area (Å²) in [5.74, 6) is 0. The molecule has 80 valence electrons. The van der Waals surface area contributed by atoms with Gasteiger partial charge in [-0.15, -0.1) is 0 Å². The Labute approximate surface area is 89.5 Å². The highest BCUT2D eigenvalue weighted by molar-refractivity contribution is 7.58. The molecule has 0 aliphatic carbocycles. The molecule has 13 heavy (non-hydrogen) atoms. The molecule has 3 heteroatoms. The summed E-state index contributed by atoms with van der Waals surface area (Å²) in [4.78, 5) is 0. The summed E-state index contributed by atoms with van der Waals surface area (Å²) >= 11 is 0. The van der Waals surface area contributed by atoms with Crippen LogP contribution >= 0.6 is 0 Å². The molecule has 0 rings (SSSR count). The van der Waals surface area contributed by atoms with Crippen molar-refractivity contribution in [1.29, 1.82) is 0 Å². The normalized spacial score (nSPS) is 13.6. The molecule has 0 aliphatic rings. The molecule has 0 N–H and O–H groups in total. The maximum Gasteiger partial charge on any atom is 0.0435 e. The van der Waals surface area contributed by atoms with Gasteiger partial charge in [0.15, 0.2) is 0 Å². The van der Waals surface area contributed by atoms with Crippen LogP contribution in [0, 0.1) is 0 Å². The Bertz CT molecular complexity index is 129. The Hall–Kier alpha value is 0.651. The second-order valence-corrected chi connectivity index (χ2v) is 29.4. The third kappa shape index (κ3) is 2.36. The summed E-state index contributed by atoms with van der Waals surface area (Å²) in [6, 6.07) is 7.86. The molecular weight excluding hydrogens is 204 g/mol. The Kier molecular flexibility index (Phi) is 5.79. The summed E-state index contributed by atoms with van der Waals surface area (Å²) < 4.78 is 0. The van der Waals surface area contributed by atoms with Crippen LogP contribution in [-0.4, -0.2) is 24.5 Å². The fourth-order valence-electron chi connectivity index (χ4n) is 3.03. The molecule has 0 radical (unpaired) electrons. The lowest BCUT2D eigenvalue weighted by Crippen LogP contribution is -2.62. The van der Waals surface area contributed by atoms with Crippen LogP contribution in [0.15, 0.2) is 0 Å². The highest BCUT2D eigenvalue weighted by Crippen LogP contribution is 2.33. The van der Waals surface area contributed by atoms with Crippen molar-refractivity contribution in [2.45, 2.75) is 64.8 Å². The van der Waals surface area contributed by atoms with Crippen LogP contribution in [0.3, 0.4) is 0 Å². The van der Waals surface area contributed by atoms with Gasteiger partial charge in [0.2, 0.25) is 0 Å². The topological polar surface area (TPSA) is 0 Å². The molecule has 0 aliphatic heterocycles.